The van der Waals surface area contributed by atoms with Crippen LogP contribution < -0.4 is 0 Å². The Morgan fingerprint density at radius 1 is 1.58 bits per heavy atom. The second-order valence-electron chi connectivity index (χ2n) is 1.90. The van der Waals surface area contributed by atoms with E-state index in [4.69, 9.17) is 16.7 Å². The second kappa shape index (κ2) is 3.02. The van der Waals surface area contributed by atoms with Gasteiger partial charge in [-0.3, -0.25) is 0 Å². The largest absolute Gasteiger partial charge is 0.477 e. The van der Waals surface area contributed by atoms with Crippen molar-refractivity contribution in [1.82, 2.24) is 4.98 Å². The quantitative estimate of drug-likeness (QED) is 0.691. The van der Waals surface area contributed by atoms with E-state index in [0.717, 1.165) is 0 Å². The first-order chi connectivity index (χ1) is 5.52. The number of aromatic carboxylic acids is 1. The Bertz CT molecular complexity index is 319. The Hall–Kier alpha value is -1.23. The zero-order valence-corrected chi connectivity index (χ0v) is 6.27. The zero-order chi connectivity index (χ0) is 9.30. The minimum absolute atomic E-state index is 0.421. The fourth-order valence-corrected chi connectivity index (χ4v) is 0.818. The normalized spacial score (nSPS) is 9.92. The summed E-state index contributed by atoms with van der Waals surface area (Å²) in [7, 11) is 0. The Kier molecular flexibility index (Phi) is 2.23. The molecular formula is C6H2ClF2NO2. The molecule has 0 amide bonds. The van der Waals surface area contributed by atoms with E-state index in [0.29, 0.717) is 6.07 Å². The number of nitrogens with zero attached hydrogens (tertiary/aromatic N) is 1. The summed E-state index contributed by atoms with van der Waals surface area (Å²) in [6.45, 7) is 0. The second-order valence-corrected chi connectivity index (χ2v) is 2.29. The fourth-order valence-electron chi connectivity index (χ4n) is 0.648. The van der Waals surface area contributed by atoms with E-state index in [2.05, 4.69) is 4.98 Å². The average Bonchev–Trinajstić information content (AvgIpc) is 1.82. The van der Waals surface area contributed by atoms with Crippen molar-refractivity contribution in [1.29, 1.82) is 0 Å². The number of carboxylic acids is 1. The fraction of sp³-hybridized carbons (Fsp3) is 0. The summed E-state index contributed by atoms with van der Waals surface area (Å²) in [5, 5.41) is 7.85. The summed E-state index contributed by atoms with van der Waals surface area (Å²) in [4.78, 5) is 13.1. The van der Waals surface area contributed by atoms with Crippen molar-refractivity contribution >= 4 is 17.6 Å². The summed E-state index contributed by atoms with van der Waals surface area (Å²) >= 11 is 5.14. The average molecular weight is 194 g/mol. The lowest BCUT2D eigenvalue weighted by atomic mass is 10.3. The molecule has 6 heteroatoms. The number of aromatic nitrogens is 1. The third-order valence-corrected chi connectivity index (χ3v) is 1.30. The Morgan fingerprint density at radius 3 is 2.58 bits per heavy atom. The lowest BCUT2D eigenvalue weighted by Crippen LogP contribution is -2.06. The van der Waals surface area contributed by atoms with E-state index in [9.17, 15) is 13.6 Å². The van der Waals surface area contributed by atoms with Crippen LogP contribution in [0.3, 0.4) is 0 Å². The van der Waals surface area contributed by atoms with Crippen molar-refractivity contribution in [3.05, 3.63) is 28.5 Å². The first-order valence-electron chi connectivity index (χ1n) is 2.77. The van der Waals surface area contributed by atoms with Crippen LogP contribution in [-0.4, -0.2) is 16.1 Å². The molecule has 0 spiro atoms. The predicted octanol–water partition coefficient (Wildman–Crippen LogP) is 1.71. The van der Waals surface area contributed by atoms with E-state index in [-0.39, 0.29) is 0 Å². The highest BCUT2D eigenvalue weighted by molar-refractivity contribution is 6.29. The van der Waals surface area contributed by atoms with E-state index >= 15 is 0 Å². The van der Waals surface area contributed by atoms with Gasteiger partial charge in [0.05, 0.1) is 0 Å². The van der Waals surface area contributed by atoms with Crippen LogP contribution in [-0.2, 0) is 0 Å². The van der Waals surface area contributed by atoms with Gasteiger partial charge in [-0.15, -0.1) is 0 Å². The molecule has 0 unspecified atom stereocenters. The molecule has 0 saturated heterocycles. The van der Waals surface area contributed by atoms with Crippen molar-refractivity contribution in [2.24, 2.45) is 0 Å². The molecule has 3 nitrogen and oxygen atoms in total. The number of hydrogen-bond donors (Lipinski definition) is 1. The molecule has 1 aromatic heterocycles. The van der Waals surface area contributed by atoms with Gasteiger partial charge in [-0.1, -0.05) is 11.6 Å². The van der Waals surface area contributed by atoms with Crippen molar-refractivity contribution in [3.63, 3.8) is 0 Å². The van der Waals surface area contributed by atoms with Gasteiger partial charge in [-0.05, 0) is 0 Å². The molecule has 0 bridgehead atoms. The maximum atomic E-state index is 12.6. The third-order valence-electron chi connectivity index (χ3n) is 1.11. The van der Waals surface area contributed by atoms with Gasteiger partial charge in [0.15, 0.2) is 5.56 Å². The van der Waals surface area contributed by atoms with Gasteiger partial charge in [-0.2, -0.15) is 4.39 Å². The molecule has 1 aromatic rings. The van der Waals surface area contributed by atoms with Crippen LogP contribution in [0, 0.1) is 11.8 Å². The summed E-state index contributed by atoms with van der Waals surface area (Å²) < 4.78 is 25.2. The van der Waals surface area contributed by atoms with E-state index < -0.39 is 28.5 Å². The molecule has 0 aliphatic rings. The molecule has 1 rings (SSSR count). The van der Waals surface area contributed by atoms with Gasteiger partial charge in [0.25, 0.3) is 0 Å². The smallest absolute Gasteiger partial charge is 0.343 e. The van der Waals surface area contributed by atoms with Crippen molar-refractivity contribution < 1.29 is 18.7 Å². The number of pyridine rings is 1. The van der Waals surface area contributed by atoms with Crippen LogP contribution in [0.2, 0.25) is 5.15 Å². The molecule has 0 aliphatic heterocycles. The Morgan fingerprint density at radius 2 is 2.17 bits per heavy atom. The first-order valence-corrected chi connectivity index (χ1v) is 3.15. The number of carbonyl (C=O) groups is 1. The molecule has 0 fully saturated rings. The summed E-state index contributed by atoms with van der Waals surface area (Å²) in [5.74, 6) is -4.37. The Balaban J connectivity index is 3.38. The Labute approximate surface area is 70.6 Å². The van der Waals surface area contributed by atoms with Gasteiger partial charge in [0.2, 0.25) is 5.95 Å². The molecule has 12 heavy (non-hydrogen) atoms. The molecule has 0 saturated carbocycles. The van der Waals surface area contributed by atoms with Crippen molar-refractivity contribution in [2.45, 2.75) is 0 Å². The predicted molar refractivity (Wildman–Crippen MR) is 36.1 cm³/mol. The number of rotatable bonds is 1. The van der Waals surface area contributed by atoms with E-state index in [1.165, 1.54) is 0 Å². The van der Waals surface area contributed by atoms with Gasteiger partial charge in [0, 0.05) is 6.07 Å². The lowest BCUT2D eigenvalue weighted by molar-refractivity contribution is 0.0685. The van der Waals surface area contributed by atoms with Crippen LogP contribution >= 0.6 is 11.6 Å². The lowest BCUT2D eigenvalue weighted by Gasteiger charge is -1.97. The number of halogens is 3. The number of hydrogen-bond acceptors (Lipinski definition) is 2. The van der Waals surface area contributed by atoms with Crippen LogP contribution in [0.4, 0.5) is 8.78 Å². The maximum Gasteiger partial charge on any atom is 0.343 e. The SMILES string of the molecule is O=C(O)c1c(F)cc(Cl)nc1F. The van der Waals surface area contributed by atoms with Gasteiger partial charge in [0.1, 0.15) is 11.0 Å². The molecule has 0 atom stereocenters. The topological polar surface area (TPSA) is 50.2 Å². The van der Waals surface area contributed by atoms with Gasteiger partial charge in [-0.25, -0.2) is 14.2 Å². The molecule has 0 aliphatic carbocycles. The van der Waals surface area contributed by atoms with E-state index in [1.54, 1.807) is 0 Å². The van der Waals surface area contributed by atoms with Crippen LogP contribution in [0.25, 0.3) is 0 Å². The molecule has 1 N–H and O–H groups in total. The minimum atomic E-state index is -1.71. The summed E-state index contributed by atoms with van der Waals surface area (Å²) in [5.41, 5.74) is -1.10. The van der Waals surface area contributed by atoms with Crippen molar-refractivity contribution in [3.8, 4) is 0 Å². The molecular weight excluding hydrogens is 192 g/mol. The molecule has 0 radical (unpaired) electrons. The highest BCUT2D eigenvalue weighted by Crippen LogP contribution is 2.14. The summed E-state index contributed by atoms with van der Waals surface area (Å²) in [6.07, 6.45) is 0. The highest BCUT2D eigenvalue weighted by atomic mass is 35.5. The van der Waals surface area contributed by atoms with Crippen LogP contribution in [0.1, 0.15) is 10.4 Å². The maximum absolute atomic E-state index is 12.6. The first kappa shape index (κ1) is 8.86. The standard InChI is InChI=1S/C6H2ClF2NO2/c7-3-1-2(8)4(6(11)12)5(9)10-3/h1H,(H,11,12). The molecule has 64 valence electrons. The monoisotopic (exact) mass is 193 g/mol. The molecule has 0 aromatic carbocycles. The zero-order valence-electron chi connectivity index (χ0n) is 5.51. The molecule has 1 heterocycles. The van der Waals surface area contributed by atoms with Crippen molar-refractivity contribution in [2.75, 3.05) is 0 Å². The summed E-state index contributed by atoms with van der Waals surface area (Å²) in [6, 6.07) is 0.633. The third kappa shape index (κ3) is 1.50. The van der Waals surface area contributed by atoms with Crippen LogP contribution in [0.5, 0.6) is 0 Å². The van der Waals surface area contributed by atoms with E-state index in [1.807, 2.05) is 0 Å². The van der Waals surface area contributed by atoms with Crippen LogP contribution in [0.15, 0.2) is 6.07 Å². The van der Waals surface area contributed by atoms with Gasteiger partial charge < -0.3 is 5.11 Å². The minimum Gasteiger partial charge on any atom is -0.477 e. The van der Waals surface area contributed by atoms with Gasteiger partial charge >= 0.3 is 5.97 Å². The number of carboxylic acid groups (broad SMARTS) is 1. The highest BCUT2D eigenvalue weighted by Gasteiger charge is 2.18.